The number of hydrogen-bond donors (Lipinski definition) is 0. The molecular weight excluding hydrogens is 256 g/mol. The van der Waals surface area contributed by atoms with Crippen LogP contribution in [0.5, 0.6) is 0 Å². The van der Waals surface area contributed by atoms with Crippen LogP contribution in [0.3, 0.4) is 0 Å². The van der Waals surface area contributed by atoms with Crippen molar-refractivity contribution in [2.24, 2.45) is 0 Å². The van der Waals surface area contributed by atoms with Gasteiger partial charge in [-0.3, -0.25) is 4.79 Å². The Bertz CT molecular complexity index is 431. The second-order valence-corrected chi connectivity index (χ2v) is 11.8. The number of ketones is 1. The normalized spacial score (nSPS) is 30.2. The molecule has 0 aromatic heterocycles. The Morgan fingerprint density at radius 3 is 2.68 bits per heavy atom. The van der Waals surface area contributed by atoms with Gasteiger partial charge in [0.05, 0.1) is 0 Å². The number of fused-ring (bicyclic) bond motifs is 2. The second-order valence-electron chi connectivity index (χ2n) is 6.95. The van der Waals surface area contributed by atoms with E-state index in [1.807, 2.05) is 18.2 Å². The van der Waals surface area contributed by atoms with Gasteiger partial charge in [0.1, 0.15) is 11.7 Å². The maximum absolute atomic E-state index is 11.5. The lowest BCUT2D eigenvalue weighted by Gasteiger charge is -2.37. The molecule has 0 aromatic carbocycles. The van der Waals surface area contributed by atoms with Gasteiger partial charge in [-0.25, -0.2) is 0 Å². The van der Waals surface area contributed by atoms with Gasteiger partial charge < -0.3 is 9.16 Å². The first-order valence-electron chi connectivity index (χ1n) is 6.90. The van der Waals surface area contributed by atoms with Crippen LogP contribution in [0.2, 0.25) is 18.1 Å². The predicted molar refractivity (Wildman–Crippen MR) is 78.7 cm³/mol. The Hall–Kier alpha value is -0.713. The molecule has 0 aliphatic carbocycles. The fraction of sp³-hybridized carbons (Fsp3) is 0.667. The van der Waals surface area contributed by atoms with Crippen LogP contribution in [-0.4, -0.2) is 32.4 Å². The van der Waals surface area contributed by atoms with Crippen LogP contribution in [0.25, 0.3) is 0 Å². The first kappa shape index (κ1) is 14.7. The number of carbonyl (C=O) groups is 1. The summed E-state index contributed by atoms with van der Waals surface area (Å²) in [6, 6.07) is 0. The molecule has 2 aliphatic rings. The van der Waals surface area contributed by atoms with E-state index >= 15 is 0 Å². The smallest absolute Gasteiger partial charge is 0.191 e. The van der Waals surface area contributed by atoms with Crippen molar-refractivity contribution in [1.29, 1.82) is 0 Å². The summed E-state index contributed by atoms with van der Waals surface area (Å²) in [6.07, 6.45) is 7.75. The summed E-state index contributed by atoms with van der Waals surface area (Å²) in [5, 5.41) is 0.220. The number of rotatable bonds is 4. The van der Waals surface area contributed by atoms with Crippen LogP contribution < -0.4 is 0 Å². The zero-order chi connectivity index (χ0) is 14.3. The van der Waals surface area contributed by atoms with Gasteiger partial charge in [-0.05, 0) is 42.4 Å². The first-order valence-corrected chi connectivity index (χ1v) is 9.80. The van der Waals surface area contributed by atoms with Crippen LogP contribution in [0.1, 0.15) is 27.2 Å². The van der Waals surface area contributed by atoms with Crippen molar-refractivity contribution < 1.29 is 14.0 Å². The van der Waals surface area contributed by atoms with Gasteiger partial charge in [0.2, 0.25) is 0 Å². The highest BCUT2D eigenvalue weighted by molar-refractivity contribution is 6.74. The monoisotopic (exact) mass is 280 g/mol. The summed E-state index contributed by atoms with van der Waals surface area (Å²) < 4.78 is 12.0. The molecule has 2 heterocycles. The summed E-state index contributed by atoms with van der Waals surface area (Å²) in [6.45, 7) is 11.9. The quantitative estimate of drug-likeness (QED) is 0.586. The maximum Gasteiger partial charge on any atom is 0.191 e. The molecule has 0 radical (unpaired) electrons. The van der Waals surface area contributed by atoms with Crippen molar-refractivity contribution in [2.75, 3.05) is 6.61 Å². The summed E-state index contributed by atoms with van der Waals surface area (Å²) in [4.78, 5) is 11.5. The second kappa shape index (κ2) is 4.68. The van der Waals surface area contributed by atoms with E-state index in [0.717, 1.165) is 6.42 Å². The summed E-state index contributed by atoms with van der Waals surface area (Å²) in [5.74, 6) is 0.0367. The van der Waals surface area contributed by atoms with Crippen molar-refractivity contribution >= 4 is 14.1 Å². The molecule has 106 valence electrons. The van der Waals surface area contributed by atoms with Crippen LogP contribution in [0.15, 0.2) is 24.3 Å². The zero-order valence-electron chi connectivity index (χ0n) is 12.5. The molecule has 4 heteroatoms. The average Bonchev–Trinajstić information content (AvgIpc) is 2.63. The molecule has 3 nitrogen and oxygen atoms in total. The van der Waals surface area contributed by atoms with Crippen LogP contribution in [0.4, 0.5) is 0 Å². The van der Waals surface area contributed by atoms with Gasteiger partial charge in [-0.2, -0.15) is 0 Å². The van der Waals surface area contributed by atoms with Crippen molar-refractivity contribution in [3.05, 3.63) is 24.3 Å². The van der Waals surface area contributed by atoms with Crippen LogP contribution >= 0.6 is 0 Å². The van der Waals surface area contributed by atoms with E-state index in [0.29, 0.717) is 6.61 Å². The Morgan fingerprint density at radius 2 is 2.05 bits per heavy atom. The van der Waals surface area contributed by atoms with Gasteiger partial charge in [0.25, 0.3) is 0 Å². The van der Waals surface area contributed by atoms with Crippen molar-refractivity contribution in [3.63, 3.8) is 0 Å². The summed E-state index contributed by atoms with van der Waals surface area (Å²) in [7, 11) is -1.71. The molecule has 0 aromatic rings. The number of hydrogen-bond acceptors (Lipinski definition) is 3. The summed E-state index contributed by atoms with van der Waals surface area (Å²) >= 11 is 0. The third kappa shape index (κ3) is 2.91. The molecule has 0 saturated carbocycles. The van der Waals surface area contributed by atoms with E-state index in [1.165, 1.54) is 0 Å². The fourth-order valence-corrected chi connectivity index (χ4v) is 3.08. The van der Waals surface area contributed by atoms with Gasteiger partial charge in [-0.15, -0.1) is 0 Å². The SMILES string of the molecule is CC(C)(C)[Si](C)(C)OCCC12C=CC(=O)C(C=C1)O2. The molecule has 0 amide bonds. The Labute approximate surface area is 116 Å². The van der Waals surface area contributed by atoms with Crippen molar-refractivity contribution in [2.45, 2.75) is 57.0 Å². The highest BCUT2D eigenvalue weighted by atomic mass is 28.4. The number of carbonyl (C=O) groups excluding carboxylic acids is 1. The molecule has 19 heavy (non-hydrogen) atoms. The lowest BCUT2D eigenvalue weighted by molar-refractivity contribution is -0.128. The third-order valence-electron chi connectivity index (χ3n) is 4.47. The van der Waals surface area contributed by atoms with Gasteiger partial charge in [0.15, 0.2) is 14.1 Å². The number of ether oxygens (including phenoxy) is 1. The van der Waals surface area contributed by atoms with Gasteiger partial charge in [0, 0.05) is 13.0 Å². The lowest BCUT2D eigenvalue weighted by Crippen LogP contribution is -2.42. The molecule has 2 unspecified atom stereocenters. The Morgan fingerprint density at radius 1 is 1.37 bits per heavy atom. The van der Waals surface area contributed by atoms with Crippen LogP contribution in [-0.2, 0) is 14.0 Å². The highest BCUT2D eigenvalue weighted by Crippen LogP contribution is 2.38. The van der Waals surface area contributed by atoms with Gasteiger partial charge in [-0.1, -0.05) is 20.8 Å². The third-order valence-corrected chi connectivity index (χ3v) is 9.01. The molecule has 2 rings (SSSR count). The molecule has 2 bridgehead atoms. The Balaban J connectivity index is 1.93. The molecular formula is C15H24O3Si. The Kier molecular flexibility index (Phi) is 3.62. The van der Waals surface area contributed by atoms with E-state index in [1.54, 1.807) is 6.08 Å². The molecule has 0 fully saturated rings. The topological polar surface area (TPSA) is 35.5 Å². The molecule has 2 atom stereocenters. The highest BCUT2D eigenvalue weighted by Gasteiger charge is 2.41. The molecule has 0 saturated heterocycles. The zero-order valence-corrected chi connectivity index (χ0v) is 13.5. The van der Waals surface area contributed by atoms with E-state index in [-0.39, 0.29) is 16.9 Å². The van der Waals surface area contributed by atoms with Gasteiger partial charge >= 0.3 is 0 Å². The standard InChI is InChI=1S/C15H24O3Si/c1-14(2,3)19(4,5)17-11-10-15-8-6-12(16)13(18-15)7-9-15/h6-9,13H,10-11H2,1-5H3. The van der Waals surface area contributed by atoms with E-state index in [4.69, 9.17) is 9.16 Å². The molecule has 0 spiro atoms. The minimum atomic E-state index is -1.71. The first-order chi connectivity index (χ1) is 8.65. The molecule has 2 aliphatic heterocycles. The van der Waals surface area contributed by atoms with Crippen LogP contribution in [0, 0.1) is 0 Å². The van der Waals surface area contributed by atoms with Crippen molar-refractivity contribution in [3.8, 4) is 0 Å². The predicted octanol–water partition coefficient (Wildman–Crippen LogP) is 3.23. The van der Waals surface area contributed by atoms with E-state index in [2.05, 4.69) is 33.9 Å². The lowest BCUT2D eigenvalue weighted by atomic mass is 9.99. The fourth-order valence-electron chi connectivity index (χ4n) is 2.04. The minimum absolute atomic E-state index is 0.0367. The van der Waals surface area contributed by atoms with Crippen molar-refractivity contribution in [1.82, 2.24) is 0 Å². The summed E-state index contributed by atoms with van der Waals surface area (Å²) in [5.41, 5.74) is -0.416. The van der Waals surface area contributed by atoms with E-state index in [9.17, 15) is 4.79 Å². The largest absolute Gasteiger partial charge is 0.417 e. The maximum atomic E-state index is 11.5. The average molecular weight is 280 g/mol. The van der Waals surface area contributed by atoms with E-state index < -0.39 is 13.9 Å². The minimum Gasteiger partial charge on any atom is -0.417 e. The molecule has 0 N–H and O–H groups in total.